The summed E-state index contributed by atoms with van der Waals surface area (Å²) in [6, 6.07) is 7.97. The highest BCUT2D eigenvalue weighted by Crippen LogP contribution is 2.19. The fraction of sp³-hybridized carbons (Fsp3) is 0.579. The number of amides is 2. The van der Waals surface area contributed by atoms with Crippen molar-refractivity contribution in [2.75, 3.05) is 77.2 Å². The van der Waals surface area contributed by atoms with Gasteiger partial charge in [0.15, 0.2) is 0 Å². The molecule has 0 aromatic heterocycles. The van der Waals surface area contributed by atoms with Crippen molar-refractivity contribution in [3.05, 3.63) is 24.3 Å². The Morgan fingerprint density at radius 3 is 2.15 bits per heavy atom. The summed E-state index contributed by atoms with van der Waals surface area (Å²) in [5, 5.41) is 2.89. The number of hydrogen-bond acceptors (Lipinski definition) is 5. The minimum Gasteiger partial charge on any atom is -0.369 e. The predicted molar refractivity (Wildman–Crippen MR) is 106 cm³/mol. The number of nitrogens with zero attached hydrogens (tertiary/aromatic N) is 4. The van der Waals surface area contributed by atoms with Gasteiger partial charge in [0.25, 0.3) is 0 Å². The number of piperazine rings is 1. The zero-order valence-electron chi connectivity index (χ0n) is 16.4. The Morgan fingerprint density at radius 1 is 1.00 bits per heavy atom. The average molecular weight is 361 g/mol. The predicted octanol–water partition coefficient (Wildman–Crippen LogP) is 0.787. The number of carbonyl (C=O) groups is 2. The number of anilines is 2. The van der Waals surface area contributed by atoms with Crippen molar-refractivity contribution in [3.8, 4) is 0 Å². The molecule has 1 aromatic carbocycles. The maximum atomic E-state index is 12.1. The molecule has 0 saturated carbocycles. The molecule has 7 heteroatoms. The molecule has 1 N–H and O–H groups in total. The molecule has 0 aliphatic carbocycles. The van der Waals surface area contributed by atoms with Crippen LogP contribution in [-0.4, -0.2) is 93.5 Å². The van der Waals surface area contributed by atoms with Gasteiger partial charge < -0.3 is 20.0 Å². The van der Waals surface area contributed by atoms with E-state index in [1.165, 1.54) is 10.6 Å². The van der Waals surface area contributed by atoms with Gasteiger partial charge in [-0.2, -0.15) is 0 Å². The first-order valence-corrected chi connectivity index (χ1v) is 9.15. The molecule has 1 aliphatic heterocycles. The van der Waals surface area contributed by atoms with Gasteiger partial charge in [-0.05, 0) is 37.9 Å². The zero-order valence-corrected chi connectivity index (χ0v) is 16.4. The topological polar surface area (TPSA) is 59.1 Å². The normalized spacial score (nSPS) is 15.2. The summed E-state index contributed by atoms with van der Waals surface area (Å²) in [5.74, 6) is -0.142. The van der Waals surface area contributed by atoms with Gasteiger partial charge in [0, 0.05) is 51.6 Å². The van der Waals surface area contributed by atoms with Crippen LogP contribution in [0.15, 0.2) is 24.3 Å². The monoisotopic (exact) mass is 361 g/mol. The van der Waals surface area contributed by atoms with E-state index >= 15 is 0 Å². The van der Waals surface area contributed by atoms with Crippen LogP contribution in [0.4, 0.5) is 11.4 Å². The molecule has 1 saturated heterocycles. The quantitative estimate of drug-likeness (QED) is 0.778. The molecule has 2 amide bonds. The Bertz CT molecular complexity index is 594. The van der Waals surface area contributed by atoms with E-state index in [0.29, 0.717) is 0 Å². The summed E-state index contributed by atoms with van der Waals surface area (Å²) < 4.78 is 0. The maximum Gasteiger partial charge on any atom is 0.238 e. The SMILES string of the molecule is CCN1CCN(c2ccc(NC(=O)CN(C)CC(=O)N(C)C)cc2)CC1. The second kappa shape index (κ2) is 9.54. The van der Waals surface area contributed by atoms with Crippen LogP contribution in [0.5, 0.6) is 0 Å². The summed E-state index contributed by atoms with van der Waals surface area (Å²) >= 11 is 0. The third-order valence-corrected chi connectivity index (χ3v) is 4.65. The van der Waals surface area contributed by atoms with E-state index in [9.17, 15) is 9.59 Å². The van der Waals surface area contributed by atoms with E-state index in [-0.39, 0.29) is 24.9 Å². The van der Waals surface area contributed by atoms with Crippen LogP contribution in [0.3, 0.4) is 0 Å². The van der Waals surface area contributed by atoms with Crippen LogP contribution in [0.25, 0.3) is 0 Å². The highest BCUT2D eigenvalue weighted by atomic mass is 16.2. The average Bonchev–Trinajstić information content (AvgIpc) is 2.62. The fourth-order valence-corrected chi connectivity index (χ4v) is 2.95. The Kier molecular flexibility index (Phi) is 7.41. The van der Waals surface area contributed by atoms with Crippen molar-refractivity contribution >= 4 is 23.2 Å². The summed E-state index contributed by atoms with van der Waals surface area (Å²) in [6.45, 7) is 7.95. The van der Waals surface area contributed by atoms with Crippen molar-refractivity contribution in [1.82, 2.24) is 14.7 Å². The molecular weight excluding hydrogens is 330 g/mol. The first-order valence-electron chi connectivity index (χ1n) is 9.15. The second-order valence-electron chi connectivity index (χ2n) is 6.98. The van der Waals surface area contributed by atoms with Crippen molar-refractivity contribution in [3.63, 3.8) is 0 Å². The molecule has 0 atom stereocenters. The molecule has 1 aromatic rings. The minimum absolute atomic E-state index is 0.0205. The lowest BCUT2D eigenvalue weighted by molar-refractivity contribution is -0.130. The molecule has 2 rings (SSSR count). The third kappa shape index (κ3) is 6.00. The molecular formula is C19H31N5O2. The molecule has 144 valence electrons. The zero-order chi connectivity index (χ0) is 19.1. The van der Waals surface area contributed by atoms with Crippen molar-refractivity contribution in [2.45, 2.75) is 6.92 Å². The molecule has 0 spiro atoms. The van der Waals surface area contributed by atoms with E-state index in [1.807, 2.05) is 12.1 Å². The number of nitrogens with one attached hydrogen (secondary N) is 1. The van der Waals surface area contributed by atoms with E-state index in [1.54, 1.807) is 26.0 Å². The van der Waals surface area contributed by atoms with E-state index in [2.05, 4.69) is 34.2 Å². The van der Waals surface area contributed by atoms with Gasteiger partial charge >= 0.3 is 0 Å². The first kappa shape index (κ1) is 20.2. The Balaban J connectivity index is 1.81. The number of rotatable bonds is 7. The molecule has 7 nitrogen and oxygen atoms in total. The van der Waals surface area contributed by atoms with Crippen molar-refractivity contribution in [2.24, 2.45) is 0 Å². The molecule has 0 bridgehead atoms. The fourth-order valence-electron chi connectivity index (χ4n) is 2.95. The lowest BCUT2D eigenvalue weighted by atomic mass is 10.2. The number of hydrogen-bond donors (Lipinski definition) is 1. The van der Waals surface area contributed by atoms with Gasteiger partial charge in [0.1, 0.15) is 0 Å². The highest BCUT2D eigenvalue weighted by molar-refractivity contribution is 5.92. The largest absolute Gasteiger partial charge is 0.369 e. The van der Waals surface area contributed by atoms with Crippen LogP contribution >= 0.6 is 0 Å². The van der Waals surface area contributed by atoms with Crippen LogP contribution in [0, 0.1) is 0 Å². The maximum absolute atomic E-state index is 12.1. The van der Waals surface area contributed by atoms with Gasteiger partial charge in [0.2, 0.25) is 11.8 Å². The van der Waals surface area contributed by atoms with Gasteiger partial charge in [-0.15, -0.1) is 0 Å². The van der Waals surface area contributed by atoms with Crippen molar-refractivity contribution in [1.29, 1.82) is 0 Å². The van der Waals surface area contributed by atoms with Crippen LogP contribution in [-0.2, 0) is 9.59 Å². The van der Waals surface area contributed by atoms with Gasteiger partial charge in [0.05, 0.1) is 13.1 Å². The molecule has 1 fully saturated rings. The molecule has 1 heterocycles. The molecule has 0 radical (unpaired) electrons. The number of carbonyl (C=O) groups excluding carboxylic acids is 2. The highest BCUT2D eigenvalue weighted by Gasteiger charge is 2.16. The van der Waals surface area contributed by atoms with Gasteiger partial charge in [-0.3, -0.25) is 14.5 Å². The second-order valence-corrected chi connectivity index (χ2v) is 6.98. The Labute approximate surface area is 156 Å². The lowest BCUT2D eigenvalue weighted by Crippen LogP contribution is -2.46. The molecule has 26 heavy (non-hydrogen) atoms. The number of benzene rings is 1. The van der Waals surface area contributed by atoms with Gasteiger partial charge in [-0.1, -0.05) is 6.92 Å². The lowest BCUT2D eigenvalue weighted by Gasteiger charge is -2.35. The standard InChI is InChI=1S/C19H31N5O2/c1-5-23-10-12-24(13-11-23)17-8-6-16(7-9-17)20-18(25)14-22(4)15-19(26)21(2)3/h6-9H,5,10-15H2,1-4H3,(H,20,25). The Hall–Kier alpha value is -2.12. The van der Waals surface area contributed by atoms with E-state index in [4.69, 9.17) is 0 Å². The van der Waals surface area contributed by atoms with Crippen molar-refractivity contribution < 1.29 is 9.59 Å². The van der Waals surface area contributed by atoms with Crippen LogP contribution in [0.1, 0.15) is 6.92 Å². The summed E-state index contributed by atoms with van der Waals surface area (Å²) in [4.78, 5) is 31.9. The summed E-state index contributed by atoms with van der Waals surface area (Å²) in [7, 11) is 5.18. The third-order valence-electron chi connectivity index (χ3n) is 4.65. The summed E-state index contributed by atoms with van der Waals surface area (Å²) in [6.07, 6.45) is 0. The number of likely N-dealkylation sites (N-methyl/N-ethyl adjacent to an activating group) is 3. The Morgan fingerprint density at radius 2 is 1.62 bits per heavy atom. The smallest absolute Gasteiger partial charge is 0.238 e. The van der Waals surface area contributed by atoms with Crippen LogP contribution in [0.2, 0.25) is 0 Å². The molecule has 0 unspecified atom stereocenters. The van der Waals surface area contributed by atoms with Gasteiger partial charge in [-0.25, -0.2) is 0 Å². The summed E-state index contributed by atoms with van der Waals surface area (Å²) in [5.41, 5.74) is 1.96. The van der Waals surface area contributed by atoms with Crippen LogP contribution < -0.4 is 10.2 Å². The molecule has 1 aliphatic rings. The van der Waals surface area contributed by atoms with E-state index < -0.39 is 0 Å². The minimum atomic E-state index is -0.122. The first-order chi connectivity index (χ1) is 12.4. The van der Waals surface area contributed by atoms with E-state index in [0.717, 1.165) is 38.4 Å².